The van der Waals surface area contributed by atoms with Gasteiger partial charge in [-0.3, -0.25) is 0 Å². The molecule has 0 aliphatic heterocycles. The van der Waals surface area contributed by atoms with Gasteiger partial charge >= 0.3 is 5.97 Å². The van der Waals surface area contributed by atoms with Crippen molar-refractivity contribution in [1.82, 2.24) is 4.98 Å². The fourth-order valence-corrected chi connectivity index (χ4v) is 1.71. The Labute approximate surface area is 80.6 Å². The summed E-state index contributed by atoms with van der Waals surface area (Å²) in [5.74, 6) is -0.993. The number of thiazole rings is 1. The molecule has 0 radical (unpaired) electrons. The largest absolute Gasteiger partial charge is 0.476 e. The van der Waals surface area contributed by atoms with E-state index in [1.54, 1.807) is 0 Å². The van der Waals surface area contributed by atoms with E-state index in [9.17, 15) is 4.79 Å². The van der Waals surface area contributed by atoms with Crippen LogP contribution < -0.4 is 5.32 Å². The lowest BCUT2D eigenvalue weighted by atomic mass is 10.1. The third kappa shape index (κ3) is 2.69. The molecular weight excluding hydrogens is 188 g/mol. The minimum atomic E-state index is -0.993. The van der Waals surface area contributed by atoms with E-state index in [1.165, 1.54) is 16.8 Å². The zero-order valence-electron chi connectivity index (χ0n) is 7.79. The molecule has 0 bridgehead atoms. The third-order valence-corrected chi connectivity index (χ3v) is 2.00. The Morgan fingerprint density at radius 2 is 2.23 bits per heavy atom. The summed E-state index contributed by atoms with van der Waals surface area (Å²) in [6, 6.07) is 0. The Balaban J connectivity index is 2.89. The van der Waals surface area contributed by atoms with Crippen LogP contribution in [-0.4, -0.2) is 21.6 Å². The summed E-state index contributed by atoms with van der Waals surface area (Å²) in [6.07, 6.45) is 0. The quantitative estimate of drug-likeness (QED) is 0.767. The van der Waals surface area contributed by atoms with Gasteiger partial charge in [0.15, 0.2) is 5.69 Å². The maximum absolute atomic E-state index is 10.7. The van der Waals surface area contributed by atoms with Crippen molar-refractivity contribution in [3.63, 3.8) is 0 Å². The Kier molecular flexibility index (Phi) is 2.56. The first kappa shape index (κ1) is 9.98. The molecule has 1 rings (SSSR count). The Bertz CT molecular complexity index is 314. The van der Waals surface area contributed by atoms with Crippen LogP contribution in [0.2, 0.25) is 0 Å². The van der Waals surface area contributed by atoms with Gasteiger partial charge in [0, 0.05) is 5.54 Å². The highest BCUT2D eigenvalue weighted by Gasteiger charge is 2.18. The first-order valence-electron chi connectivity index (χ1n) is 3.85. The molecule has 0 saturated heterocycles. The van der Waals surface area contributed by atoms with Gasteiger partial charge in [-0.05, 0) is 20.8 Å². The molecule has 0 aliphatic carbocycles. The Morgan fingerprint density at radius 3 is 2.69 bits per heavy atom. The van der Waals surface area contributed by atoms with Gasteiger partial charge < -0.3 is 10.4 Å². The van der Waals surface area contributed by atoms with Crippen molar-refractivity contribution in [2.75, 3.05) is 5.32 Å². The van der Waals surface area contributed by atoms with Crippen LogP contribution in [0, 0.1) is 0 Å². The summed E-state index contributed by atoms with van der Waals surface area (Å²) < 4.78 is 0. The van der Waals surface area contributed by atoms with E-state index in [1.807, 2.05) is 20.8 Å². The van der Waals surface area contributed by atoms with Crippen LogP contribution in [-0.2, 0) is 0 Å². The topological polar surface area (TPSA) is 62.2 Å². The van der Waals surface area contributed by atoms with Gasteiger partial charge in [0.25, 0.3) is 0 Å². The number of hydrogen-bond acceptors (Lipinski definition) is 4. The minimum absolute atomic E-state index is 0.0972. The van der Waals surface area contributed by atoms with Crippen LogP contribution in [0.5, 0.6) is 0 Å². The molecule has 2 N–H and O–H groups in total. The molecule has 0 unspecified atom stereocenters. The molecule has 13 heavy (non-hydrogen) atoms. The van der Waals surface area contributed by atoms with Crippen molar-refractivity contribution in [3.8, 4) is 0 Å². The van der Waals surface area contributed by atoms with Gasteiger partial charge in [-0.1, -0.05) is 0 Å². The molecule has 0 saturated carbocycles. The molecule has 0 spiro atoms. The normalized spacial score (nSPS) is 11.3. The van der Waals surface area contributed by atoms with Crippen molar-refractivity contribution in [2.45, 2.75) is 26.3 Å². The van der Waals surface area contributed by atoms with Gasteiger partial charge in [0.1, 0.15) is 5.00 Å². The highest BCUT2D eigenvalue weighted by atomic mass is 32.1. The maximum Gasteiger partial charge on any atom is 0.357 e. The zero-order valence-corrected chi connectivity index (χ0v) is 8.60. The van der Waals surface area contributed by atoms with Gasteiger partial charge in [0.2, 0.25) is 0 Å². The van der Waals surface area contributed by atoms with E-state index in [-0.39, 0.29) is 11.2 Å². The number of carboxylic acid groups (broad SMARTS) is 1. The van der Waals surface area contributed by atoms with E-state index in [4.69, 9.17) is 5.11 Å². The van der Waals surface area contributed by atoms with Crippen LogP contribution in [0.25, 0.3) is 0 Å². The third-order valence-electron chi connectivity index (χ3n) is 1.26. The fourth-order valence-electron chi connectivity index (χ4n) is 0.828. The second-order valence-corrected chi connectivity index (χ2v) is 4.57. The van der Waals surface area contributed by atoms with Crippen LogP contribution >= 0.6 is 11.3 Å². The van der Waals surface area contributed by atoms with E-state index >= 15 is 0 Å². The van der Waals surface area contributed by atoms with E-state index < -0.39 is 5.97 Å². The SMILES string of the molecule is CC(C)(C)Nc1scnc1C(=O)O. The van der Waals surface area contributed by atoms with Crippen molar-refractivity contribution >= 4 is 22.3 Å². The Morgan fingerprint density at radius 1 is 1.62 bits per heavy atom. The van der Waals surface area contributed by atoms with Crippen molar-refractivity contribution in [2.24, 2.45) is 0 Å². The number of aromatic carboxylic acids is 1. The van der Waals surface area contributed by atoms with E-state index in [0.717, 1.165) is 0 Å². The lowest BCUT2D eigenvalue weighted by Gasteiger charge is -2.20. The number of carboxylic acids is 1. The predicted molar refractivity (Wildman–Crippen MR) is 52.4 cm³/mol. The summed E-state index contributed by atoms with van der Waals surface area (Å²) in [6.45, 7) is 5.91. The van der Waals surface area contributed by atoms with E-state index in [0.29, 0.717) is 5.00 Å². The molecule has 4 nitrogen and oxygen atoms in total. The average Bonchev–Trinajstić information content (AvgIpc) is 2.31. The highest BCUT2D eigenvalue weighted by Crippen LogP contribution is 2.23. The fraction of sp³-hybridized carbons (Fsp3) is 0.500. The number of anilines is 1. The van der Waals surface area contributed by atoms with Crippen LogP contribution in [0.4, 0.5) is 5.00 Å². The summed E-state index contributed by atoms with van der Waals surface area (Å²) in [5.41, 5.74) is 1.48. The highest BCUT2D eigenvalue weighted by molar-refractivity contribution is 7.14. The van der Waals surface area contributed by atoms with Gasteiger partial charge in [-0.25, -0.2) is 9.78 Å². The zero-order chi connectivity index (χ0) is 10.1. The number of aromatic nitrogens is 1. The van der Waals surface area contributed by atoms with Crippen molar-refractivity contribution < 1.29 is 9.90 Å². The standard InChI is InChI=1S/C8H12N2O2S/c1-8(2,3)10-6-5(7(11)12)9-4-13-6/h4,10H,1-3H3,(H,11,12). The number of nitrogens with one attached hydrogen (secondary N) is 1. The van der Waals surface area contributed by atoms with Gasteiger partial charge in [0.05, 0.1) is 5.51 Å². The molecule has 0 atom stereocenters. The van der Waals surface area contributed by atoms with Crippen molar-refractivity contribution in [3.05, 3.63) is 11.2 Å². The maximum atomic E-state index is 10.7. The van der Waals surface area contributed by atoms with Gasteiger partial charge in [-0.2, -0.15) is 0 Å². The summed E-state index contributed by atoms with van der Waals surface area (Å²) in [7, 11) is 0. The number of rotatable bonds is 2. The molecule has 1 aromatic heterocycles. The number of nitrogens with zero attached hydrogens (tertiary/aromatic N) is 1. The second-order valence-electron chi connectivity index (χ2n) is 3.71. The molecule has 0 aliphatic rings. The first-order valence-corrected chi connectivity index (χ1v) is 4.73. The van der Waals surface area contributed by atoms with Crippen molar-refractivity contribution in [1.29, 1.82) is 0 Å². The minimum Gasteiger partial charge on any atom is -0.476 e. The molecule has 0 fully saturated rings. The number of carbonyl (C=O) groups is 1. The second kappa shape index (κ2) is 3.33. The van der Waals surface area contributed by atoms with Crippen LogP contribution in [0.1, 0.15) is 31.3 Å². The lowest BCUT2D eigenvalue weighted by Crippen LogP contribution is -2.26. The van der Waals surface area contributed by atoms with Gasteiger partial charge in [-0.15, -0.1) is 11.3 Å². The molecular formula is C8H12N2O2S. The molecule has 1 heterocycles. The molecule has 72 valence electrons. The molecule has 1 aromatic rings. The smallest absolute Gasteiger partial charge is 0.357 e. The average molecular weight is 200 g/mol. The lowest BCUT2D eigenvalue weighted by molar-refractivity contribution is 0.0692. The summed E-state index contributed by atoms with van der Waals surface area (Å²) in [5, 5.41) is 12.5. The first-order chi connectivity index (χ1) is 5.90. The summed E-state index contributed by atoms with van der Waals surface area (Å²) in [4.78, 5) is 14.4. The van der Waals surface area contributed by atoms with E-state index in [2.05, 4.69) is 10.3 Å². The van der Waals surface area contributed by atoms with Crippen LogP contribution in [0.3, 0.4) is 0 Å². The predicted octanol–water partition coefficient (Wildman–Crippen LogP) is 2.05. The number of hydrogen-bond donors (Lipinski definition) is 2. The van der Waals surface area contributed by atoms with Crippen LogP contribution in [0.15, 0.2) is 5.51 Å². The Hall–Kier alpha value is -1.10. The monoisotopic (exact) mass is 200 g/mol. The molecule has 0 amide bonds. The molecule has 0 aromatic carbocycles. The summed E-state index contributed by atoms with van der Waals surface area (Å²) >= 11 is 1.30. The molecule has 5 heteroatoms.